The minimum absolute atomic E-state index is 0. The summed E-state index contributed by atoms with van der Waals surface area (Å²) < 4.78 is 38.0. The fraction of sp³-hybridized carbons (Fsp3) is 0.455. The summed E-state index contributed by atoms with van der Waals surface area (Å²) in [5.74, 6) is 0. The molecule has 9 heteroatoms. The maximum Gasteiger partial charge on any atom is 1.00 e. The molecule has 2 heterocycles. The van der Waals surface area contributed by atoms with Crippen LogP contribution in [0.4, 0.5) is 18.6 Å². The molecular weight excluding hydrogens is 297 g/mol. The Balaban J connectivity index is 0.00000200. The number of allylic oxidation sites excluding steroid dienone is 1. The first kappa shape index (κ1) is 18.0. The second kappa shape index (κ2) is 7.26. The molecule has 0 N–H and O–H groups in total. The van der Waals surface area contributed by atoms with Gasteiger partial charge in [0.15, 0.2) is 0 Å². The third-order valence-corrected chi connectivity index (χ3v) is 3.14. The Bertz CT molecular complexity index is 540. The van der Waals surface area contributed by atoms with Crippen LogP contribution in [0.25, 0.3) is 0 Å². The summed E-state index contributed by atoms with van der Waals surface area (Å²) in [7, 11) is 0. The molecule has 1 aromatic heterocycles. The van der Waals surface area contributed by atoms with E-state index in [0.717, 1.165) is 30.6 Å². The van der Waals surface area contributed by atoms with Crippen LogP contribution in [0, 0.1) is 0 Å². The second-order valence-corrected chi connectivity index (χ2v) is 4.64. The van der Waals surface area contributed by atoms with Gasteiger partial charge in [0.2, 0.25) is 0 Å². The number of halogens is 3. The summed E-state index contributed by atoms with van der Waals surface area (Å²) in [5.41, 5.74) is -0.795. The predicted molar refractivity (Wildman–Crippen MR) is 68.2 cm³/mol. The van der Waals surface area contributed by atoms with Crippen molar-refractivity contribution in [3.63, 3.8) is 0 Å². The number of nitrogens with zero attached hydrogens (tertiary/aromatic N) is 3. The monoisotopic (exact) mass is 311 g/mol. The summed E-state index contributed by atoms with van der Waals surface area (Å²) in [6.45, 7) is -1.09. The van der Waals surface area contributed by atoms with Crippen molar-refractivity contribution < 1.29 is 64.3 Å². The number of hydrogen-bond donors (Lipinski definition) is 0. The molecule has 0 aromatic carbocycles. The van der Waals surface area contributed by atoms with Crippen LogP contribution in [0.1, 0.15) is 12.8 Å². The van der Waals surface area contributed by atoms with Crippen LogP contribution >= 0.6 is 0 Å². The predicted octanol–water partition coefficient (Wildman–Crippen LogP) is -1.21. The van der Waals surface area contributed by atoms with E-state index < -0.39 is 24.6 Å². The topological polar surface area (TPSA) is 38.1 Å². The van der Waals surface area contributed by atoms with Crippen LogP contribution in [0.2, 0.25) is 0 Å². The molecule has 0 amide bonds. The zero-order chi connectivity index (χ0) is 14.0. The Morgan fingerprint density at radius 1 is 1.35 bits per heavy atom. The Morgan fingerprint density at radius 2 is 1.95 bits per heavy atom. The van der Waals surface area contributed by atoms with Crippen LogP contribution in [0.5, 0.6) is 0 Å². The van der Waals surface area contributed by atoms with Gasteiger partial charge in [-0.15, -0.1) is 12.1 Å². The summed E-state index contributed by atoms with van der Waals surface area (Å²) in [5, 5.41) is 3.79. The van der Waals surface area contributed by atoms with Crippen LogP contribution < -0.4 is 61.8 Å². The first-order chi connectivity index (χ1) is 8.88. The maximum atomic E-state index is 12.4. The molecule has 0 unspecified atom stereocenters. The van der Waals surface area contributed by atoms with Crippen LogP contribution in [-0.4, -0.2) is 29.8 Å². The first-order valence-electron chi connectivity index (χ1n) is 6.07. The van der Waals surface area contributed by atoms with Gasteiger partial charge in [0.05, 0.1) is 11.9 Å². The first-order valence-corrected chi connectivity index (χ1v) is 6.07. The molecule has 2 rings (SSSR count). The summed E-state index contributed by atoms with van der Waals surface area (Å²) >= 11 is 0. The molecule has 0 bridgehead atoms. The van der Waals surface area contributed by atoms with E-state index in [9.17, 15) is 17.7 Å². The van der Waals surface area contributed by atoms with Gasteiger partial charge in [0.25, 0.3) is 5.56 Å². The minimum atomic E-state index is -5.14. The summed E-state index contributed by atoms with van der Waals surface area (Å²) in [4.78, 5) is 13.7. The van der Waals surface area contributed by atoms with Crippen LogP contribution in [-0.2, 0) is 6.54 Å². The zero-order valence-corrected chi connectivity index (χ0v) is 14.5. The Kier molecular flexibility index (Phi) is 6.52. The smallest absolute Gasteiger partial charge is 0.445 e. The van der Waals surface area contributed by atoms with Gasteiger partial charge in [-0.05, 0) is 12.8 Å². The molecule has 1 aliphatic rings. The van der Waals surface area contributed by atoms with Crippen molar-refractivity contribution in [2.45, 2.75) is 19.4 Å². The van der Waals surface area contributed by atoms with Gasteiger partial charge in [-0.25, -0.2) is 4.68 Å². The van der Waals surface area contributed by atoms with Crippen molar-refractivity contribution in [2.24, 2.45) is 0 Å². The van der Waals surface area contributed by atoms with E-state index in [2.05, 4.69) is 11.7 Å². The maximum absolute atomic E-state index is 12.4. The third kappa shape index (κ3) is 4.45. The van der Waals surface area contributed by atoms with Crippen molar-refractivity contribution >= 4 is 12.7 Å². The van der Waals surface area contributed by atoms with Gasteiger partial charge in [0, 0.05) is 25.7 Å². The summed E-state index contributed by atoms with van der Waals surface area (Å²) in [6, 6.07) is 1.33. The second-order valence-electron chi connectivity index (χ2n) is 4.64. The van der Waals surface area contributed by atoms with E-state index in [1.54, 1.807) is 0 Å². The molecule has 0 radical (unpaired) electrons. The minimum Gasteiger partial charge on any atom is -0.445 e. The largest absolute Gasteiger partial charge is 1.00 e. The molecule has 104 valence electrons. The van der Waals surface area contributed by atoms with Crippen LogP contribution in [0.15, 0.2) is 29.1 Å². The fourth-order valence-electron chi connectivity index (χ4n) is 1.99. The number of hydrogen-bond acceptors (Lipinski definition) is 3. The fourth-order valence-corrected chi connectivity index (χ4v) is 1.99. The Labute approximate surface area is 157 Å². The normalized spacial score (nSPS) is 15.1. The molecule has 1 aromatic rings. The van der Waals surface area contributed by atoms with Gasteiger partial charge in [-0.1, -0.05) is 0 Å². The van der Waals surface area contributed by atoms with Gasteiger partial charge in [-0.2, -0.15) is 5.10 Å². The molecular formula is C11H14BF3KN3O. The average Bonchev–Trinajstić information content (AvgIpc) is 2.84. The molecule has 0 spiro atoms. The number of anilines is 1. The van der Waals surface area contributed by atoms with Crippen molar-refractivity contribution in [2.75, 3.05) is 18.0 Å². The zero-order valence-electron chi connectivity index (χ0n) is 11.4. The van der Waals surface area contributed by atoms with Crippen molar-refractivity contribution in [1.29, 1.82) is 0 Å². The molecule has 0 saturated carbocycles. The third-order valence-electron chi connectivity index (χ3n) is 3.14. The molecule has 20 heavy (non-hydrogen) atoms. The quantitative estimate of drug-likeness (QED) is 0.655. The Hall–Kier alpha value is -0.0887. The molecule has 0 atom stereocenters. The SMILES string of the molecule is C=C(Cn1ncc(N2CCCC2)cc1=O)[B-](F)(F)F.[K+]. The van der Waals surface area contributed by atoms with E-state index in [-0.39, 0.29) is 51.4 Å². The van der Waals surface area contributed by atoms with Gasteiger partial charge in [-0.3, -0.25) is 4.79 Å². The van der Waals surface area contributed by atoms with Crippen LogP contribution in [0.3, 0.4) is 0 Å². The van der Waals surface area contributed by atoms with Crippen molar-refractivity contribution in [1.82, 2.24) is 9.78 Å². The molecule has 1 saturated heterocycles. The molecule has 1 fully saturated rings. The van der Waals surface area contributed by atoms with E-state index in [1.807, 2.05) is 4.90 Å². The Morgan fingerprint density at radius 3 is 2.45 bits per heavy atom. The number of rotatable bonds is 4. The van der Waals surface area contributed by atoms with E-state index >= 15 is 0 Å². The van der Waals surface area contributed by atoms with Gasteiger partial charge < -0.3 is 17.8 Å². The molecule has 1 aliphatic heterocycles. The number of aromatic nitrogens is 2. The standard InChI is InChI=1S/C11H14BF3N3O.K/c1-9(12(13,14)15)8-18-11(19)6-10(7-16-18)17-4-2-3-5-17;/h6-7H,1-5,8H2;/q-1;+1. The summed E-state index contributed by atoms with van der Waals surface area (Å²) in [6.07, 6.45) is 3.54. The van der Waals surface area contributed by atoms with E-state index in [0.29, 0.717) is 5.69 Å². The van der Waals surface area contributed by atoms with E-state index in [1.165, 1.54) is 12.3 Å². The van der Waals surface area contributed by atoms with Gasteiger partial charge in [0.1, 0.15) is 0 Å². The van der Waals surface area contributed by atoms with Crippen molar-refractivity contribution in [3.8, 4) is 0 Å². The van der Waals surface area contributed by atoms with Gasteiger partial charge >= 0.3 is 58.4 Å². The average molecular weight is 311 g/mol. The van der Waals surface area contributed by atoms with E-state index in [4.69, 9.17) is 0 Å². The molecule has 0 aliphatic carbocycles. The molecule has 4 nitrogen and oxygen atoms in total. The van der Waals surface area contributed by atoms with Crippen molar-refractivity contribution in [3.05, 3.63) is 34.7 Å².